The number of anilines is 1. The van der Waals surface area contributed by atoms with E-state index >= 15 is 0 Å². The molecule has 3 N–H and O–H groups in total. The van der Waals surface area contributed by atoms with Gasteiger partial charge < -0.3 is 34.9 Å². The van der Waals surface area contributed by atoms with Gasteiger partial charge in [0, 0.05) is 43.1 Å². The molecule has 3 aliphatic rings. The van der Waals surface area contributed by atoms with Crippen molar-refractivity contribution < 1.29 is 37.3 Å². The molecule has 2 fully saturated rings. The SMILES string of the molecule is CCCN(/C=C1\C(=O)Nc2ccc(S(=O)(=O)N(CC(C)C)C[C@@H](O)[C@H](Cc3ccccc3)NC(=O)O[C@H]3COC4OCCC43)cc21)C(C)CC. The minimum absolute atomic E-state index is 0.0126. The number of benzene rings is 2. The average Bonchev–Trinajstić information content (AvgIpc) is 3.79. The molecule has 0 bridgehead atoms. The van der Waals surface area contributed by atoms with E-state index in [1.54, 1.807) is 6.07 Å². The third-order valence-corrected chi connectivity index (χ3v) is 11.4. The number of fused-ring (bicyclic) bond motifs is 2. The summed E-state index contributed by atoms with van der Waals surface area (Å²) in [5.41, 5.74) is 2.33. The number of alkyl carbamates (subject to hydrolysis) is 1. The van der Waals surface area contributed by atoms with Gasteiger partial charge in [-0.3, -0.25) is 4.79 Å². The van der Waals surface area contributed by atoms with Crippen molar-refractivity contribution in [3.05, 3.63) is 65.9 Å². The zero-order valence-electron chi connectivity index (χ0n) is 29.7. The smallest absolute Gasteiger partial charge is 0.407 e. The number of ether oxygens (including phenoxy) is 3. The van der Waals surface area contributed by atoms with Crippen LogP contribution in [0.1, 0.15) is 65.0 Å². The van der Waals surface area contributed by atoms with Crippen LogP contribution in [0.25, 0.3) is 5.57 Å². The highest BCUT2D eigenvalue weighted by molar-refractivity contribution is 7.89. The summed E-state index contributed by atoms with van der Waals surface area (Å²) in [6, 6.07) is 13.3. The molecule has 2 amide bonds. The molecule has 6 atom stereocenters. The number of amides is 2. The van der Waals surface area contributed by atoms with Crippen molar-refractivity contribution in [2.75, 3.05) is 38.2 Å². The van der Waals surface area contributed by atoms with Crippen LogP contribution in [0.3, 0.4) is 0 Å². The monoisotopic (exact) mass is 712 g/mol. The first kappa shape index (κ1) is 37.8. The van der Waals surface area contributed by atoms with E-state index in [0.717, 1.165) is 31.4 Å². The first-order valence-electron chi connectivity index (χ1n) is 17.8. The van der Waals surface area contributed by atoms with Crippen LogP contribution in [-0.4, -0.2) is 98.2 Å². The van der Waals surface area contributed by atoms with Gasteiger partial charge in [0.25, 0.3) is 5.91 Å². The Morgan fingerprint density at radius 2 is 1.88 bits per heavy atom. The van der Waals surface area contributed by atoms with Crippen LogP contribution in [0, 0.1) is 11.8 Å². The summed E-state index contributed by atoms with van der Waals surface area (Å²) in [6.07, 6.45) is 1.72. The molecule has 3 aliphatic heterocycles. The van der Waals surface area contributed by atoms with Gasteiger partial charge in [0.15, 0.2) is 6.29 Å². The molecule has 2 saturated heterocycles. The van der Waals surface area contributed by atoms with Gasteiger partial charge in [-0.15, -0.1) is 0 Å². The van der Waals surface area contributed by atoms with Crippen LogP contribution in [-0.2, 0) is 35.4 Å². The van der Waals surface area contributed by atoms with E-state index in [1.165, 1.54) is 16.4 Å². The normalized spacial score (nSPS) is 22.7. The number of rotatable bonds is 16. The zero-order chi connectivity index (χ0) is 36.0. The summed E-state index contributed by atoms with van der Waals surface area (Å²) in [6.45, 7) is 11.4. The molecule has 2 aromatic carbocycles. The Hall–Kier alpha value is -3.49. The lowest BCUT2D eigenvalue weighted by Gasteiger charge is -2.31. The topological polar surface area (TPSA) is 147 Å². The van der Waals surface area contributed by atoms with Crippen molar-refractivity contribution in [3.8, 4) is 0 Å². The summed E-state index contributed by atoms with van der Waals surface area (Å²) in [7, 11) is -4.16. The van der Waals surface area contributed by atoms with Gasteiger partial charge in [0.05, 0.1) is 41.7 Å². The Kier molecular flexibility index (Phi) is 12.6. The summed E-state index contributed by atoms with van der Waals surface area (Å²) in [5, 5.41) is 17.4. The van der Waals surface area contributed by atoms with Gasteiger partial charge in [-0.05, 0) is 62.3 Å². The Balaban J connectivity index is 1.39. The Morgan fingerprint density at radius 3 is 2.58 bits per heavy atom. The van der Waals surface area contributed by atoms with E-state index in [4.69, 9.17) is 14.2 Å². The minimum atomic E-state index is -4.16. The number of nitrogens with zero attached hydrogens (tertiary/aromatic N) is 2. The number of hydrogen-bond donors (Lipinski definition) is 3. The number of aliphatic hydroxyl groups is 1. The molecule has 0 aromatic heterocycles. The molecule has 3 unspecified atom stereocenters. The third-order valence-electron chi connectivity index (χ3n) is 9.61. The van der Waals surface area contributed by atoms with Crippen LogP contribution in [0.5, 0.6) is 0 Å². The van der Waals surface area contributed by atoms with E-state index in [9.17, 15) is 23.1 Å². The molecule has 0 aliphatic carbocycles. The summed E-state index contributed by atoms with van der Waals surface area (Å²) >= 11 is 0. The zero-order valence-corrected chi connectivity index (χ0v) is 30.5. The van der Waals surface area contributed by atoms with Crippen LogP contribution in [0.15, 0.2) is 59.6 Å². The van der Waals surface area contributed by atoms with Crippen molar-refractivity contribution in [2.24, 2.45) is 11.8 Å². The average molecular weight is 713 g/mol. The molecule has 13 heteroatoms. The fraction of sp³-hybridized carbons (Fsp3) is 0.568. The number of sulfonamides is 1. The predicted molar refractivity (Wildman–Crippen MR) is 191 cm³/mol. The fourth-order valence-electron chi connectivity index (χ4n) is 6.71. The molecule has 274 valence electrons. The molecule has 0 radical (unpaired) electrons. The first-order valence-corrected chi connectivity index (χ1v) is 19.2. The van der Waals surface area contributed by atoms with Crippen molar-refractivity contribution in [2.45, 2.75) is 95.8 Å². The quantitative estimate of drug-likeness (QED) is 0.213. The van der Waals surface area contributed by atoms with Gasteiger partial charge >= 0.3 is 6.09 Å². The van der Waals surface area contributed by atoms with E-state index in [0.29, 0.717) is 23.4 Å². The Labute approximate surface area is 296 Å². The fourth-order valence-corrected chi connectivity index (χ4v) is 8.36. The van der Waals surface area contributed by atoms with Gasteiger partial charge in [-0.25, -0.2) is 13.2 Å². The van der Waals surface area contributed by atoms with Crippen molar-refractivity contribution in [1.29, 1.82) is 0 Å². The molecule has 0 saturated carbocycles. The Bertz CT molecular complexity index is 1620. The Morgan fingerprint density at radius 1 is 1.12 bits per heavy atom. The van der Waals surface area contributed by atoms with E-state index < -0.39 is 34.4 Å². The summed E-state index contributed by atoms with van der Waals surface area (Å²) in [5.74, 6) is -0.407. The van der Waals surface area contributed by atoms with Crippen molar-refractivity contribution in [1.82, 2.24) is 14.5 Å². The molecule has 2 aromatic rings. The van der Waals surface area contributed by atoms with Gasteiger partial charge in [-0.1, -0.05) is 58.0 Å². The number of aliphatic hydroxyl groups excluding tert-OH is 1. The number of nitrogens with one attached hydrogen (secondary N) is 2. The van der Waals surface area contributed by atoms with Crippen molar-refractivity contribution >= 4 is 33.3 Å². The molecule has 12 nitrogen and oxygen atoms in total. The summed E-state index contributed by atoms with van der Waals surface area (Å²) in [4.78, 5) is 28.4. The highest BCUT2D eigenvalue weighted by Crippen LogP contribution is 2.36. The van der Waals surface area contributed by atoms with Crippen LogP contribution < -0.4 is 10.6 Å². The van der Waals surface area contributed by atoms with E-state index in [1.807, 2.05) is 50.4 Å². The van der Waals surface area contributed by atoms with E-state index in [2.05, 4.69) is 36.3 Å². The van der Waals surface area contributed by atoms with Crippen LogP contribution in [0.4, 0.5) is 10.5 Å². The molecule has 3 heterocycles. The molecule has 0 spiro atoms. The minimum Gasteiger partial charge on any atom is -0.443 e. The largest absolute Gasteiger partial charge is 0.443 e. The molecule has 5 rings (SSSR count). The second-order valence-corrected chi connectivity index (χ2v) is 15.8. The lowest BCUT2D eigenvalue weighted by Crippen LogP contribution is -2.51. The number of hydrogen-bond acceptors (Lipinski definition) is 9. The van der Waals surface area contributed by atoms with Gasteiger partial charge in [0.1, 0.15) is 6.10 Å². The maximum atomic E-state index is 14.4. The lowest BCUT2D eigenvalue weighted by molar-refractivity contribution is -0.110. The van der Waals surface area contributed by atoms with Gasteiger partial charge in [-0.2, -0.15) is 4.31 Å². The van der Waals surface area contributed by atoms with Crippen molar-refractivity contribution in [3.63, 3.8) is 0 Å². The lowest BCUT2D eigenvalue weighted by atomic mass is 10.0. The molecular formula is C37H52N4O8S. The van der Waals surface area contributed by atoms with Crippen LogP contribution in [0.2, 0.25) is 0 Å². The third kappa shape index (κ3) is 8.86. The maximum absolute atomic E-state index is 14.4. The standard InChI is InChI=1S/C37H52N4O8S/c1-6-16-40(25(5)7-2)21-30-29-19-27(13-14-31(29)38-35(30)43)50(45,46)41(20-24(3)4)22-33(42)32(18-26-11-9-8-10-12-26)39-37(44)49-34-23-48-36-28(34)15-17-47-36/h8-14,19,21,24-25,28,32-34,36,42H,6-7,15-18,20,22-23H2,1-5H3,(H,38,43)(H,39,44)/b30-21-/t25?,28?,32-,33+,34-,36?/m0/s1. The molecular weight excluding hydrogens is 660 g/mol. The second kappa shape index (κ2) is 16.7. The summed E-state index contributed by atoms with van der Waals surface area (Å²) < 4.78 is 46.9. The maximum Gasteiger partial charge on any atom is 0.407 e. The number of carbonyl (C=O) groups is 2. The highest BCUT2D eigenvalue weighted by Gasteiger charge is 2.44. The molecule has 50 heavy (non-hydrogen) atoms. The second-order valence-electron chi connectivity index (χ2n) is 13.9. The van der Waals surface area contributed by atoms with Gasteiger partial charge in [0.2, 0.25) is 10.0 Å². The van der Waals surface area contributed by atoms with Crippen LogP contribution >= 0.6 is 0 Å². The van der Waals surface area contributed by atoms with E-state index in [-0.39, 0.29) is 61.1 Å². The highest BCUT2D eigenvalue weighted by atomic mass is 32.2. The predicted octanol–water partition coefficient (Wildman–Crippen LogP) is 4.60. The number of carbonyl (C=O) groups excluding carboxylic acids is 2. The first-order chi connectivity index (χ1) is 23.9.